The lowest BCUT2D eigenvalue weighted by Crippen LogP contribution is -2.00. The number of hydrogen-bond donors (Lipinski definition) is 0. The number of nitrogens with zero attached hydrogens (tertiary/aromatic N) is 5. The topological polar surface area (TPSA) is 77.6 Å². The minimum Gasteiger partial charge on any atom is -0.436 e. The summed E-state index contributed by atoms with van der Waals surface area (Å²) in [6.45, 7) is 0. The van der Waals surface area contributed by atoms with Crippen LogP contribution < -0.4 is 0 Å². The average molecular weight is 680 g/mol. The van der Waals surface area contributed by atoms with Crippen LogP contribution in [0.5, 0.6) is 0 Å². The van der Waals surface area contributed by atoms with Gasteiger partial charge in [-0.1, -0.05) is 146 Å². The van der Waals surface area contributed by atoms with Crippen LogP contribution in [-0.2, 0) is 0 Å². The molecule has 0 aliphatic rings. The first-order valence-electron chi connectivity index (χ1n) is 17.5. The molecule has 0 aliphatic heterocycles. The predicted octanol–water partition coefficient (Wildman–Crippen LogP) is 11.7. The molecule has 0 atom stereocenters. The highest BCUT2D eigenvalue weighted by Crippen LogP contribution is 2.40. The molecule has 10 rings (SSSR count). The van der Waals surface area contributed by atoms with Crippen LogP contribution in [0.15, 0.2) is 180 Å². The van der Waals surface area contributed by atoms with E-state index in [1.165, 1.54) is 0 Å². The third kappa shape index (κ3) is 5.59. The fourth-order valence-corrected chi connectivity index (χ4v) is 6.93. The van der Waals surface area contributed by atoms with Gasteiger partial charge in [0, 0.05) is 44.0 Å². The predicted molar refractivity (Wildman–Crippen MR) is 213 cm³/mol. The van der Waals surface area contributed by atoms with Crippen LogP contribution in [0.2, 0.25) is 0 Å². The number of hydrogen-bond acceptors (Lipinski definition) is 6. The van der Waals surface area contributed by atoms with Crippen LogP contribution in [0.4, 0.5) is 0 Å². The molecule has 0 N–H and O–H groups in total. The highest BCUT2D eigenvalue weighted by molar-refractivity contribution is 6.21. The van der Waals surface area contributed by atoms with E-state index in [0.717, 1.165) is 77.4 Å². The molecule has 7 aromatic carbocycles. The summed E-state index contributed by atoms with van der Waals surface area (Å²) in [4.78, 5) is 25.2. The van der Waals surface area contributed by atoms with Gasteiger partial charge in [0.15, 0.2) is 23.1 Å². The van der Waals surface area contributed by atoms with Crippen molar-refractivity contribution in [3.8, 4) is 68.0 Å². The summed E-state index contributed by atoms with van der Waals surface area (Å²) in [6.07, 6.45) is 0. The van der Waals surface area contributed by atoms with Crippen molar-refractivity contribution in [2.75, 3.05) is 0 Å². The van der Waals surface area contributed by atoms with Crippen molar-refractivity contribution in [2.24, 2.45) is 0 Å². The second kappa shape index (κ2) is 12.8. The number of oxazole rings is 1. The summed E-state index contributed by atoms with van der Waals surface area (Å²) in [7, 11) is 0. The molecule has 0 unspecified atom stereocenters. The van der Waals surface area contributed by atoms with Crippen LogP contribution in [0, 0.1) is 0 Å². The van der Waals surface area contributed by atoms with Gasteiger partial charge in [0.2, 0.25) is 5.89 Å². The van der Waals surface area contributed by atoms with Gasteiger partial charge >= 0.3 is 0 Å². The lowest BCUT2D eigenvalue weighted by atomic mass is 9.96. The van der Waals surface area contributed by atoms with Gasteiger partial charge in [-0.05, 0) is 41.5 Å². The number of rotatable bonds is 6. The van der Waals surface area contributed by atoms with E-state index in [0.29, 0.717) is 23.4 Å². The summed E-state index contributed by atoms with van der Waals surface area (Å²) in [5.41, 5.74) is 10.2. The van der Waals surface area contributed by atoms with E-state index in [4.69, 9.17) is 29.3 Å². The highest BCUT2D eigenvalue weighted by Gasteiger charge is 2.19. The van der Waals surface area contributed by atoms with Crippen molar-refractivity contribution in [1.82, 2.24) is 24.9 Å². The highest BCUT2D eigenvalue weighted by atomic mass is 16.3. The standard InChI is InChI=1S/C47H29N5O/c1-5-13-30(14-6-1)36-25-26-37-39(29-36)48-42(38-27-28-40-43(41(37)38)49-47(53-40)35-19-11-4-12-20-35)31-21-23-34(24-22-31)46-51-44(32-15-7-2-8-16-32)50-45(52-46)33-17-9-3-10-18-33/h1-29H. The summed E-state index contributed by atoms with van der Waals surface area (Å²) >= 11 is 0. The zero-order valence-electron chi connectivity index (χ0n) is 28.4. The van der Waals surface area contributed by atoms with Gasteiger partial charge in [-0.25, -0.2) is 24.9 Å². The van der Waals surface area contributed by atoms with Gasteiger partial charge in [0.05, 0.1) is 11.2 Å². The van der Waals surface area contributed by atoms with Crippen molar-refractivity contribution in [2.45, 2.75) is 0 Å². The summed E-state index contributed by atoms with van der Waals surface area (Å²) in [6, 6.07) is 59.4. The molecule has 3 heterocycles. The van der Waals surface area contributed by atoms with Crippen LogP contribution in [0.1, 0.15) is 0 Å². The molecular weight excluding hydrogens is 651 g/mol. The largest absolute Gasteiger partial charge is 0.436 e. The third-order valence-electron chi connectivity index (χ3n) is 9.56. The Morgan fingerprint density at radius 3 is 1.40 bits per heavy atom. The molecule has 6 heteroatoms. The molecule has 6 nitrogen and oxygen atoms in total. The monoisotopic (exact) mass is 679 g/mol. The van der Waals surface area contributed by atoms with Gasteiger partial charge in [-0.3, -0.25) is 0 Å². The van der Waals surface area contributed by atoms with E-state index in [9.17, 15) is 0 Å². The van der Waals surface area contributed by atoms with Crippen molar-refractivity contribution < 1.29 is 4.42 Å². The zero-order valence-corrected chi connectivity index (χ0v) is 28.4. The Kier molecular flexibility index (Phi) is 7.36. The maximum Gasteiger partial charge on any atom is 0.227 e. The van der Waals surface area contributed by atoms with Crippen LogP contribution in [0.25, 0.3) is 101 Å². The van der Waals surface area contributed by atoms with Crippen LogP contribution in [0.3, 0.4) is 0 Å². The Balaban J connectivity index is 1.15. The van der Waals surface area contributed by atoms with Crippen LogP contribution in [-0.4, -0.2) is 24.9 Å². The second-order valence-corrected chi connectivity index (χ2v) is 12.9. The maximum absolute atomic E-state index is 6.35. The van der Waals surface area contributed by atoms with Crippen molar-refractivity contribution in [3.63, 3.8) is 0 Å². The third-order valence-corrected chi connectivity index (χ3v) is 9.56. The molecule has 0 bridgehead atoms. The molecule has 10 aromatic rings. The van der Waals surface area contributed by atoms with Gasteiger partial charge in [0.25, 0.3) is 0 Å². The first kappa shape index (κ1) is 30.5. The van der Waals surface area contributed by atoms with E-state index in [1.807, 2.05) is 103 Å². The van der Waals surface area contributed by atoms with Gasteiger partial charge in [-0.2, -0.15) is 0 Å². The van der Waals surface area contributed by atoms with Gasteiger partial charge in [-0.15, -0.1) is 0 Å². The van der Waals surface area contributed by atoms with E-state index in [-0.39, 0.29) is 0 Å². The number of benzene rings is 7. The molecule has 0 fully saturated rings. The number of pyridine rings is 1. The Bertz CT molecular complexity index is 2850. The Hall–Kier alpha value is -7.31. The first-order valence-corrected chi connectivity index (χ1v) is 17.5. The van der Waals surface area contributed by atoms with Gasteiger partial charge in [0.1, 0.15) is 5.52 Å². The summed E-state index contributed by atoms with van der Waals surface area (Å²) in [5.74, 6) is 2.45. The minimum absolute atomic E-state index is 0.590. The fraction of sp³-hybridized carbons (Fsp3) is 0. The zero-order chi connectivity index (χ0) is 35.1. The SMILES string of the molecule is c1ccc(-c2ccc3c(c2)nc(-c2ccc(-c4nc(-c5ccccc5)nc(-c5ccccc5)n4)cc2)c2ccc4oc(-c5ccccc5)nc4c23)cc1. The molecule has 0 amide bonds. The molecule has 0 spiro atoms. The minimum atomic E-state index is 0.590. The molecule has 248 valence electrons. The fourth-order valence-electron chi connectivity index (χ4n) is 6.93. The van der Waals surface area contributed by atoms with Crippen molar-refractivity contribution in [1.29, 1.82) is 0 Å². The molecule has 0 radical (unpaired) electrons. The maximum atomic E-state index is 6.35. The Morgan fingerprint density at radius 1 is 0.340 bits per heavy atom. The smallest absolute Gasteiger partial charge is 0.227 e. The quantitative estimate of drug-likeness (QED) is 0.163. The first-order chi connectivity index (χ1) is 26.2. The molecule has 53 heavy (non-hydrogen) atoms. The Morgan fingerprint density at radius 2 is 0.811 bits per heavy atom. The molecule has 0 saturated carbocycles. The molecule has 3 aromatic heterocycles. The number of fused-ring (bicyclic) bond motifs is 5. The molecule has 0 saturated heterocycles. The van der Waals surface area contributed by atoms with E-state index in [1.54, 1.807) is 0 Å². The normalized spacial score (nSPS) is 11.4. The molecule has 0 aliphatic carbocycles. The Labute approximate surface area is 305 Å². The van der Waals surface area contributed by atoms with E-state index in [2.05, 4.69) is 72.8 Å². The average Bonchev–Trinajstić information content (AvgIpc) is 3.69. The molecular formula is C47H29N5O. The number of aromatic nitrogens is 5. The lowest BCUT2D eigenvalue weighted by molar-refractivity contribution is 0.620. The van der Waals surface area contributed by atoms with Crippen molar-refractivity contribution in [3.05, 3.63) is 176 Å². The van der Waals surface area contributed by atoms with E-state index < -0.39 is 0 Å². The van der Waals surface area contributed by atoms with E-state index >= 15 is 0 Å². The summed E-state index contributed by atoms with van der Waals surface area (Å²) < 4.78 is 6.35. The lowest BCUT2D eigenvalue weighted by Gasteiger charge is -2.12. The second-order valence-electron chi connectivity index (χ2n) is 12.9. The van der Waals surface area contributed by atoms with Crippen LogP contribution >= 0.6 is 0 Å². The van der Waals surface area contributed by atoms with Gasteiger partial charge < -0.3 is 4.42 Å². The summed E-state index contributed by atoms with van der Waals surface area (Å²) in [5, 5.41) is 3.02. The van der Waals surface area contributed by atoms with Crippen molar-refractivity contribution >= 4 is 32.8 Å².